The number of hydrogen-bond donors (Lipinski definition) is 1. The Morgan fingerprint density at radius 2 is 1.42 bits per heavy atom. The average Bonchev–Trinajstić information content (AvgIpc) is 2.82. The third-order valence-electron chi connectivity index (χ3n) is 5.22. The van der Waals surface area contributed by atoms with Gasteiger partial charge in [0.1, 0.15) is 10.2 Å². The van der Waals surface area contributed by atoms with E-state index in [0.29, 0.717) is 18.4 Å². The predicted octanol–water partition coefficient (Wildman–Crippen LogP) is 6.21. The molecule has 0 aliphatic carbocycles. The van der Waals surface area contributed by atoms with E-state index in [2.05, 4.69) is 6.58 Å². The molecule has 3 nitrogen and oxygen atoms in total. The van der Waals surface area contributed by atoms with Crippen molar-refractivity contribution in [3.05, 3.63) is 109 Å². The van der Waals surface area contributed by atoms with Gasteiger partial charge < -0.3 is 5.11 Å². The van der Waals surface area contributed by atoms with Gasteiger partial charge >= 0.3 is 0 Å². The lowest BCUT2D eigenvalue weighted by Crippen LogP contribution is -2.42. The van der Waals surface area contributed by atoms with Crippen molar-refractivity contribution >= 4 is 21.6 Å². The van der Waals surface area contributed by atoms with Gasteiger partial charge in [0.25, 0.3) is 0 Å². The van der Waals surface area contributed by atoms with Crippen molar-refractivity contribution in [1.82, 2.24) is 0 Å². The van der Waals surface area contributed by atoms with Crippen LogP contribution in [0, 0.1) is 0 Å². The molecule has 3 aromatic rings. The first-order chi connectivity index (χ1) is 15.0. The van der Waals surface area contributed by atoms with Gasteiger partial charge in [-0.05, 0) is 55.5 Å². The predicted molar refractivity (Wildman–Crippen MR) is 129 cm³/mol. The van der Waals surface area contributed by atoms with Gasteiger partial charge in [0, 0.05) is 4.90 Å². The molecular formula is C26H28O3S2. The number of sulfone groups is 1. The molecule has 0 spiro atoms. The number of rotatable bonds is 11. The molecule has 3 rings (SSSR count). The van der Waals surface area contributed by atoms with Crippen LogP contribution in [0.1, 0.15) is 31.2 Å². The summed E-state index contributed by atoms with van der Waals surface area (Å²) in [5.74, 6) is 0. The molecule has 0 heterocycles. The van der Waals surface area contributed by atoms with Gasteiger partial charge in [-0.1, -0.05) is 72.8 Å². The standard InChI is InChI=1S/C26H28O3S2/c1-2-3-4-14-21-26(27,22-15-8-5-9-16-22)25(30-23-17-10-6-11-18-23)31(28,29)24-19-12-7-13-20-24/h2,5-13,15-20,25,27H,1,3-4,14,21H2. The Bertz CT molecular complexity index is 1050. The zero-order chi connectivity index (χ0) is 22.2. The quantitative estimate of drug-likeness (QED) is 0.213. The maximum absolute atomic E-state index is 13.8. The van der Waals surface area contributed by atoms with E-state index >= 15 is 0 Å². The number of hydrogen-bond acceptors (Lipinski definition) is 4. The number of unbranched alkanes of at least 4 members (excludes halogenated alkanes) is 2. The Balaban J connectivity index is 2.11. The van der Waals surface area contributed by atoms with Gasteiger partial charge in [0.05, 0.1) is 4.90 Å². The second kappa shape index (κ2) is 10.8. The van der Waals surface area contributed by atoms with Crippen LogP contribution in [0.25, 0.3) is 0 Å². The molecule has 0 amide bonds. The summed E-state index contributed by atoms with van der Waals surface area (Å²) in [6, 6.07) is 27.0. The van der Waals surface area contributed by atoms with Gasteiger partial charge in [-0.2, -0.15) is 0 Å². The molecule has 3 aromatic carbocycles. The minimum Gasteiger partial charge on any atom is -0.383 e. The van der Waals surface area contributed by atoms with E-state index in [9.17, 15) is 13.5 Å². The largest absolute Gasteiger partial charge is 0.383 e. The van der Waals surface area contributed by atoms with Crippen molar-refractivity contribution in [2.45, 2.75) is 45.7 Å². The van der Waals surface area contributed by atoms with Crippen LogP contribution in [0.3, 0.4) is 0 Å². The molecule has 2 atom stereocenters. The molecule has 0 aromatic heterocycles. The van der Waals surface area contributed by atoms with Crippen molar-refractivity contribution in [1.29, 1.82) is 0 Å². The zero-order valence-corrected chi connectivity index (χ0v) is 19.1. The van der Waals surface area contributed by atoms with Gasteiger partial charge in [-0.3, -0.25) is 0 Å². The fourth-order valence-corrected chi connectivity index (χ4v) is 7.32. The molecule has 0 aliphatic rings. The highest BCUT2D eigenvalue weighted by atomic mass is 32.3. The first-order valence-electron chi connectivity index (χ1n) is 10.4. The van der Waals surface area contributed by atoms with Crippen molar-refractivity contribution in [3.8, 4) is 0 Å². The second-order valence-electron chi connectivity index (χ2n) is 7.45. The molecule has 1 N–H and O–H groups in total. The summed E-state index contributed by atoms with van der Waals surface area (Å²) in [6.07, 6.45) is 4.53. The number of thioether (sulfide) groups is 1. The van der Waals surface area contributed by atoms with E-state index in [0.717, 1.165) is 17.7 Å². The fourth-order valence-electron chi connectivity index (χ4n) is 3.58. The van der Waals surface area contributed by atoms with Crippen LogP contribution >= 0.6 is 11.8 Å². The Morgan fingerprint density at radius 1 is 0.871 bits per heavy atom. The van der Waals surface area contributed by atoms with Crippen LogP contribution in [0.5, 0.6) is 0 Å². The van der Waals surface area contributed by atoms with Crippen molar-refractivity contribution < 1.29 is 13.5 Å². The summed E-state index contributed by atoms with van der Waals surface area (Å²) in [5.41, 5.74) is -0.945. The topological polar surface area (TPSA) is 54.4 Å². The number of allylic oxidation sites excluding steroid dienone is 1. The summed E-state index contributed by atoms with van der Waals surface area (Å²) in [4.78, 5) is 1.01. The molecule has 0 bridgehead atoms. The highest BCUT2D eigenvalue weighted by Crippen LogP contribution is 2.45. The van der Waals surface area contributed by atoms with Crippen molar-refractivity contribution in [2.75, 3.05) is 0 Å². The lowest BCUT2D eigenvalue weighted by molar-refractivity contribution is 0.0402. The highest BCUT2D eigenvalue weighted by Gasteiger charge is 2.47. The monoisotopic (exact) mass is 452 g/mol. The lowest BCUT2D eigenvalue weighted by atomic mass is 9.89. The molecular weight excluding hydrogens is 424 g/mol. The first kappa shape index (κ1) is 23.3. The summed E-state index contributed by atoms with van der Waals surface area (Å²) in [6.45, 7) is 3.76. The molecule has 31 heavy (non-hydrogen) atoms. The van der Waals surface area contributed by atoms with Gasteiger partial charge in [0.15, 0.2) is 9.84 Å². The van der Waals surface area contributed by atoms with Gasteiger partial charge in [-0.15, -0.1) is 18.3 Å². The normalized spacial score (nSPS) is 14.5. The van der Waals surface area contributed by atoms with E-state index in [1.807, 2.05) is 66.7 Å². The summed E-state index contributed by atoms with van der Waals surface area (Å²) < 4.78 is 26.6. The van der Waals surface area contributed by atoms with E-state index in [4.69, 9.17) is 0 Å². The van der Waals surface area contributed by atoms with Crippen molar-refractivity contribution in [2.24, 2.45) is 0 Å². The van der Waals surface area contributed by atoms with Crippen LogP contribution in [-0.4, -0.2) is 18.1 Å². The Labute approximate surface area is 189 Å². The Kier molecular flexibility index (Phi) is 8.13. The Morgan fingerprint density at radius 3 is 2.00 bits per heavy atom. The molecule has 0 saturated carbocycles. The van der Waals surface area contributed by atoms with E-state index in [1.165, 1.54) is 11.8 Å². The fraction of sp³-hybridized carbons (Fsp3) is 0.231. The van der Waals surface area contributed by atoms with E-state index < -0.39 is 20.0 Å². The van der Waals surface area contributed by atoms with E-state index in [-0.39, 0.29) is 4.90 Å². The van der Waals surface area contributed by atoms with Crippen LogP contribution in [0.4, 0.5) is 0 Å². The number of aliphatic hydroxyl groups is 1. The number of benzene rings is 3. The maximum atomic E-state index is 13.8. The van der Waals surface area contributed by atoms with Crippen LogP contribution in [-0.2, 0) is 15.4 Å². The van der Waals surface area contributed by atoms with Crippen LogP contribution in [0.2, 0.25) is 0 Å². The minimum absolute atomic E-state index is 0.212. The molecule has 0 radical (unpaired) electrons. The van der Waals surface area contributed by atoms with Crippen LogP contribution in [0.15, 0.2) is 113 Å². The SMILES string of the molecule is C=CCCCCC(O)(c1ccccc1)C(Sc1ccccc1)S(=O)(=O)c1ccccc1. The average molecular weight is 453 g/mol. The van der Waals surface area contributed by atoms with Crippen LogP contribution < -0.4 is 0 Å². The summed E-state index contributed by atoms with van der Waals surface area (Å²) >= 11 is 1.20. The third kappa shape index (κ3) is 5.67. The smallest absolute Gasteiger partial charge is 0.194 e. The maximum Gasteiger partial charge on any atom is 0.194 e. The van der Waals surface area contributed by atoms with E-state index in [1.54, 1.807) is 30.3 Å². The molecule has 5 heteroatoms. The summed E-state index contributed by atoms with van der Waals surface area (Å²) in [5, 5.41) is 12.1. The lowest BCUT2D eigenvalue weighted by Gasteiger charge is -2.36. The highest BCUT2D eigenvalue weighted by molar-refractivity contribution is 8.13. The molecule has 0 fully saturated rings. The van der Waals surface area contributed by atoms with Gasteiger partial charge in [0.2, 0.25) is 0 Å². The molecule has 2 unspecified atom stereocenters. The van der Waals surface area contributed by atoms with Gasteiger partial charge in [-0.25, -0.2) is 8.42 Å². The third-order valence-corrected chi connectivity index (χ3v) is 9.30. The zero-order valence-electron chi connectivity index (χ0n) is 17.4. The minimum atomic E-state index is -3.85. The Hall–Kier alpha value is -2.34. The molecule has 162 valence electrons. The molecule has 0 aliphatic heterocycles. The van der Waals surface area contributed by atoms with Crippen molar-refractivity contribution in [3.63, 3.8) is 0 Å². The first-order valence-corrected chi connectivity index (χ1v) is 12.8. The summed E-state index contributed by atoms with van der Waals surface area (Å²) in [7, 11) is -3.85. The molecule has 0 saturated heterocycles. The second-order valence-corrected chi connectivity index (χ2v) is 11.0.